The number of fused-ring (bicyclic) bond motifs is 5. The molecule has 0 aliphatic heterocycles. The van der Waals surface area contributed by atoms with Crippen molar-refractivity contribution in [3.05, 3.63) is 29.8 Å². The van der Waals surface area contributed by atoms with Gasteiger partial charge >= 0.3 is 5.97 Å². The summed E-state index contributed by atoms with van der Waals surface area (Å²) in [6, 6.07) is 6.65. The molecule has 0 bridgehead atoms. The van der Waals surface area contributed by atoms with Crippen LogP contribution in [0.2, 0.25) is 0 Å². The van der Waals surface area contributed by atoms with Crippen molar-refractivity contribution < 1.29 is 33.3 Å². The van der Waals surface area contributed by atoms with E-state index >= 15 is 0 Å². The van der Waals surface area contributed by atoms with Gasteiger partial charge in [0.05, 0.1) is 24.2 Å². The van der Waals surface area contributed by atoms with E-state index in [0.29, 0.717) is 25.7 Å². The molecule has 4 aliphatic carbocycles. The van der Waals surface area contributed by atoms with Crippen LogP contribution in [-0.2, 0) is 19.4 Å². The third-order valence-electron chi connectivity index (χ3n) is 12.4. The highest BCUT2D eigenvalue weighted by Crippen LogP contribution is 2.69. The van der Waals surface area contributed by atoms with Gasteiger partial charge in [0.15, 0.2) is 4.93 Å². The lowest BCUT2D eigenvalue weighted by molar-refractivity contribution is -0.209. The zero-order valence-electron chi connectivity index (χ0n) is 24.7. The second-order valence-corrected chi connectivity index (χ2v) is 16.4. The Hall–Kier alpha value is -1.48. The molecule has 4 aliphatic rings. The predicted octanol–water partition coefficient (Wildman–Crippen LogP) is 4.65. The monoisotopic (exact) mass is 576 g/mol. The van der Waals surface area contributed by atoms with E-state index in [0.717, 1.165) is 24.8 Å². The first-order valence-electron chi connectivity index (χ1n) is 15.2. The van der Waals surface area contributed by atoms with Gasteiger partial charge in [-0.1, -0.05) is 38.5 Å². The van der Waals surface area contributed by atoms with E-state index in [1.165, 1.54) is 7.11 Å². The summed E-state index contributed by atoms with van der Waals surface area (Å²) in [5.74, 6) is 0.400. The van der Waals surface area contributed by atoms with Crippen molar-refractivity contribution in [2.45, 2.75) is 108 Å². The van der Waals surface area contributed by atoms with Crippen LogP contribution in [0, 0.1) is 53.3 Å². The number of hydrogen-bond acceptors (Lipinski definition) is 7. The van der Waals surface area contributed by atoms with Crippen molar-refractivity contribution in [2.24, 2.45) is 46.3 Å². The molecule has 0 aromatic heterocycles. The molecule has 3 N–H and O–H groups in total. The molecule has 0 saturated heterocycles. The Bertz CT molecular complexity index is 1210. The molecule has 7 nitrogen and oxygen atoms in total. The zero-order valence-corrected chi connectivity index (χ0v) is 25.5. The van der Waals surface area contributed by atoms with Gasteiger partial charge in [-0.25, -0.2) is 8.42 Å². The van der Waals surface area contributed by atoms with E-state index in [1.807, 2.05) is 6.92 Å². The maximum absolute atomic E-state index is 13.6. The quantitative estimate of drug-likeness (QED) is 0.422. The van der Waals surface area contributed by atoms with E-state index in [-0.39, 0.29) is 70.0 Å². The number of sulfone groups is 1. The lowest BCUT2D eigenvalue weighted by Crippen LogP contribution is -2.63. The average molecular weight is 577 g/mol. The van der Waals surface area contributed by atoms with Gasteiger partial charge in [-0.3, -0.25) is 4.79 Å². The van der Waals surface area contributed by atoms with Crippen molar-refractivity contribution in [1.82, 2.24) is 0 Å². The summed E-state index contributed by atoms with van der Waals surface area (Å²) in [4.78, 5) is 10.1. The Morgan fingerprint density at radius 3 is 2.40 bits per heavy atom. The molecular formula is C32H48O7S. The average Bonchev–Trinajstić information content (AvgIpc) is 3.27. The number of carbonyl (C=O) groups is 1. The molecular weight excluding hydrogens is 528 g/mol. The van der Waals surface area contributed by atoms with Crippen LogP contribution >= 0.6 is 0 Å². The fraction of sp³-hybridized carbons (Fsp3) is 0.781. The highest BCUT2D eigenvalue weighted by molar-refractivity contribution is 7.92. The van der Waals surface area contributed by atoms with Crippen LogP contribution in [0.15, 0.2) is 29.2 Å². The van der Waals surface area contributed by atoms with Gasteiger partial charge in [0, 0.05) is 6.42 Å². The number of aliphatic hydroxyl groups is 3. The smallest absolute Gasteiger partial charge is 0.305 e. The molecule has 5 rings (SSSR count). The molecule has 4 fully saturated rings. The SMILES string of the molecule is COC(=O)CCC(C)C1CCC2C3C(O)CC4CC(O)(S(=O)(=O)c5ccc(C)cc5)CCC4(C)C3CC(O)C12C. The third-order valence-corrected chi connectivity index (χ3v) is 14.7. The first kappa shape index (κ1) is 30.0. The molecule has 0 heterocycles. The number of rotatable bonds is 6. The number of aliphatic hydroxyl groups excluding tert-OH is 2. The van der Waals surface area contributed by atoms with Gasteiger partial charge in [0.1, 0.15) is 0 Å². The van der Waals surface area contributed by atoms with E-state index in [2.05, 4.69) is 20.8 Å². The lowest BCUT2D eigenvalue weighted by atomic mass is 9.43. The molecule has 1 aromatic carbocycles. The number of methoxy groups -OCH3 is 1. The molecule has 224 valence electrons. The number of hydrogen-bond donors (Lipinski definition) is 3. The van der Waals surface area contributed by atoms with Crippen molar-refractivity contribution >= 4 is 15.8 Å². The Balaban J connectivity index is 1.39. The lowest BCUT2D eigenvalue weighted by Gasteiger charge is -2.64. The maximum Gasteiger partial charge on any atom is 0.305 e. The molecule has 40 heavy (non-hydrogen) atoms. The Morgan fingerprint density at radius 2 is 1.75 bits per heavy atom. The van der Waals surface area contributed by atoms with Crippen LogP contribution in [0.25, 0.3) is 0 Å². The van der Waals surface area contributed by atoms with Crippen LogP contribution in [0.4, 0.5) is 0 Å². The molecule has 0 spiro atoms. The molecule has 0 amide bonds. The molecule has 11 unspecified atom stereocenters. The Labute approximate surface area is 239 Å². The van der Waals surface area contributed by atoms with Crippen LogP contribution in [0.3, 0.4) is 0 Å². The summed E-state index contributed by atoms with van der Waals surface area (Å²) in [6.07, 6.45) is 3.69. The van der Waals surface area contributed by atoms with Gasteiger partial charge in [-0.2, -0.15) is 0 Å². The number of esters is 1. The fourth-order valence-corrected chi connectivity index (χ4v) is 11.7. The van der Waals surface area contributed by atoms with Crippen molar-refractivity contribution in [3.8, 4) is 0 Å². The number of benzene rings is 1. The molecule has 8 heteroatoms. The summed E-state index contributed by atoms with van der Waals surface area (Å²) in [5.41, 5.74) is 0.347. The number of carbonyl (C=O) groups excluding carboxylic acids is 1. The zero-order chi connectivity index (χ0) is 29.3. The van der Waals surface area contributed by atoms with Crippen LogP contribution in [-0.4, -0.2) is 54.0 Å². The van der Waals surface area contributed by atoms with E-state index < -0.39 is 27.0 Å². The summed E-state index contributed by atoms with van der Waals surface area (Å²) in [6.45, 7) is 8.47. The summed E-state index contributed by atoms with van der Waals surface area (Å²) < 4.78 is 32.1. The van der Waals surface area contributed by atoms with Crippen molar-refractivity contribution in [2.75, 3.05) is 7.11 Å². The minimum atomic E-state index is -3.98. The molecule has 1 aromatic rings. The van der Waals surface area contributed by atoms with E-state index in [9.17, 15) is 28.5 Å². The Morgan fingerprint density at radius 1 is 1.07 bits per heavy atom. The number of aryl methyl sites for hydroxylation is 1. The van der Waals surface area contributed by atoms with E-state index in [1.54, 1.807) is 24.3 Å². The normalized spacial score (nSPS) is 43.8. The van der Waals surface area contributed by atoms with Crippen LogP contribution in [0.1, 0.15) is 84.1 Å². The van der Waals surface area contributed by atoms with Gasteiger partial charge < -0.3 is 20.1 Å². The predicted molar refractivity (Wildman–Crippen MR) is 152 cm³/mol. The van der Waals surface area contributed by atoms with Crippen LogP contribution in [0.5, 0.6) is 0 Å². The number of ether oxygens (including phenoxy) is 1. The standard InChI is InChI=1S/C32H48O7S/c1-19-6-9-22(10-7-19)40(37,38)32(36)15-14-30(3)21(18-32)16-26(33)29-24-12-11-23(20(2)8-13-28(35)39-5)31(24,4)27(34)17-25(29)30/h6-7,9-10,20-21,23-27,29,33-34,36H,8,11-18H2,1-5H3. The topological polar surface area (TPSA) is 121 Å². The fourth-order valence-electron chi connectivity index (χ4n) is 9.94. The third kappa shape index (κ3) is 4.47. The van der Waals surface area contributed by atoms with Crippen molar-refractivity contribution in [3.63, 3.8) is 0 Å². The Kier molecular flexibility index (Phi) is 7.76. The van der Waals surface area contributed by atoms with Gasteiger partial charge in [0.2, 0.25) is 9.84 Å². The second-order valence-electron chi connectivity index (χ2n) is 14.2. The van der Waals surface area contributed by atoms with Gasteiger partial charge in [-0.05, 0) is 117 Å². The maximum atomic E-state index is 13.6. The summed E-state index contributed by atoms with van der Waals surface area (Å²) in [7, 11) is -2.57. The highest BCUT2D eigenvalue weighted by Gasteiger charge is 2.67. The highest BCUT2D eigenvalue weighted by atomic mass is 32.2. The molecule has 0 radical (unpaired) electrons. The minimum Gasteiger partial charge on any atom is -0.469 e. The summed E-state index contributed by atoms with van der Waals surface area (Å²) >= 11 is 0. The minimum absolute atomic E-state index is 0.0346. The first-order chi connectivity index (χ1) is 18.7. The first-order valence-corrected chi connectivity index (χ1v) is 16.6. The van der Waals surface area contributed by atoms with Crippen LogP contribution < -0.4 is 0 Å². The van der Waals surface area contributed by atoms with Gasteiger partial charge in [0.25, 0.3) is 0 Å². The molecule has 4 saturated carbocycles. The van der Waals surface area contributed by atoms with E-state index in [4.69, 9.17) is 4.74 Å². The van der Waals surface area contributed by atoms with Crippen molar-refractivity contribution in [1.29, 1.82) is 0 Å². The molecule has 11 atom stereocenters. The summed E-state index contributed by atoms with van der Waals surface area (Å²) in [5, 5.41) is 35.1. The largest absolute Gasteiger partial charge is 0.469 e. The van der Waals surface area contributed by atoms with Gasteiger partial charge in [-0.15, -0.1) is 0 Å². The second kappa shape index (κ2) is 10.4.